The largest absolute Gasteiger partial charge is 0.325 e. The first-order valence-corrected chi connectivity index (χ1v) is 10.5. The number of thioether (sulfide) groups is 1. The summed E-state index contributed by atoms with van der Waals surface area (Å²) < 4.78 is 0. The fourth-order valence-corrected chi connectivity index (χ4v) is 5.99. The summed E-state index contributed by atoms with van der Waals surface area (Å²) in [5.41, 5.74) is 1.01. The number of para-hydroxylation sites is 1. The van der Waals surface area contributed by atoms with E-state index in [4.69, 9.17) is 0 Å². The van der Waals surface area contributed by atoms with E-state index in [2.05, 4.69) is 28.8 Å². The van der Waals surface area contributed by atoms with E-state index in [0.29, 0.717) is 24.4 Å². The maximum absolute atomic E-state index is 12.6. The van der Waals surface area contributed by atoms with E-state index in [0.717, 1.165) is 10.9 Å². The van der Waals surface area contributed by atoms with Gasteiger partial charge < -0.3 is 10.6 Å². The van der Waals surface area contributed by atoms with Gasteiger partial charge in [0.15, 0.2) is 0 Å². The molecule has 2 heterocycles. The van der Waals surface area contributed by atoms with Crippen molar-refractivity contribution in [3.63, 3.8) is 0 Å². The van der Waals surface area contributed by atoms with Crippen LogP contribution in [0.2, 0.25) is 0 Å². The van der Waals surface area contributed by atoms with Gasteiger partial charge in [-0.15, -0.1) is 24.2 Å². The first-order valence-electron chi connectivity index (χ1n) is 9.58. The third-order valence-electron chi connectivity index (χ3n) is 5.80. The fourth-order valence-electron chi connectivity index (χ4n) is 4.66. The van der Waals surface area contributed by atoms with Gasteiger partial charge in [0.2, 0.25) is 5.91 Å². The van der Waals surface area contributed by atoms with Gasteiger partial charge in [0.25, 0.3) is 0 Å². The highest BCUT2D eigenvalue weighted by molar-refractivity contribution is 8.00. The van der Waals surface area contributed by atoms with E-state index < -0.39 is 0 Å². The smallest absolute Gasteiger partial charge is 0.224 e. The monoisotopic (exact) mass is 380 g/mol. The van der Waals surface area contributed by atoms with Gasteiger partial charge in [-0.3, -0.25) is 4.79 Å². The molecule has 2 atom stereocenters. The van der Waals surface area contributed by atoms with Crippen molar-refractivity contribution < 1.29 is 4.79 Å². The summed E-state index contributed by atoms with van der Waals surface area (Å²) in [5, 5.41) is 7.58. The molecule has 2 aliphatic heterocycles. The van der Waals surface area contributed by atoms with E-state index in [-0.39, 0.29) is 18.3 Å². The number of piperidine rings is 1. The number of nitrogens with one attached hydrogen (secondary N) is 2. The maximum Gasteiger partial charge on any atom is 0.224 e. The molecule has 2 N–H and O–H groups in total. The molecule has 2 unspecified atom stereocenters. The molecule has 3 nitrogen and oxygen atoms in total. The number of benzene rings is 1. The number of carbonyl (C=O) groups excluding carboxylic acids is 1. The molecular formula is C20H29ClN2OS. The third-order valence-corrected chi connectivity index (χ3v) is 7.22. The Morgan fingerprint density at radius 1 is 1.08 bits per heavy atom. The number of hydrogen-bond donors (Lipinski definition) is 2. The molecule has 4 rings (SSSR count). The first-order chi connectivity index (χ1) is 11.8. The minimum Gasteiger partial charge on any atom is -0.325 e. The molecule has 0 aromatic heterocycles. The molecule has 1 aliphatic carbocycles. The van der Waals surface area contributed by atoms with Crippen molar-refractivity contribution >= 4 is 35.8 Å². The van der Waals surface area contributed by atoms with Crippen molar-refractivity contribution in [1.82, 2.24) is 5.32 Å². The van der Waals surface area contributed by atoms with Gasteiger partial charge in [-0.05, 0) is 56.6 Å². The second-order valence-electron chi connectivity index (χ2n) is 7.75. The summed E-state index contributed by atoms with van der Waals surface area (Å²) in [7, 11) is 0. The molecule has 25 heavy (non-hydrogen) atoms. The number of amides is 1. The first kappa shape index (κ1) is 19.1. The Kier molecular flexibility index (Phi) is 6.70. The van der Waals surface area contributed by atoms with Gasteiger partial charge in [0, 0.05) is 28.6 Å². The van der Waals surface area contributed by atoms with Crippen LogP contribution in [0.25, 0.3) is 0 Å². The minimum absolute atomic E-state index is 0. The van der Waals surface area contributed by atoms with Crippen molar-refractivity contribution in [2.24, 2.45) is 5.92 Å². The predicted octanol–water partition coefficient (Wildman–Crippen LogP) is 5.00. The van der Waals surface area contributed by atoms with Crippen LogP contribution in [0.1, 0.15) is 57.8 Å². The zero-order chi connectivity index (χ0) is 16.4. The van der Waals surface area contributed by atoms with Gasteiger partial charge in [0.1, 0.15) is 0 Å². The number of fused-ring (bicyclic) bond motifs is 2. The highest BCUT2D eigenvalue weighted by atomic mass is 35.5. The lowest BCUT2D eigenvalue weighted by Crippen LogP contribution is -2.39. The number of anilines is 1. The number of halogens is 1. The molecule has 1 saturated carbocycles. The SMILES string of the molecule is Cl.O=C(CC1CC2CCC(C1)N2)Nc1ccccc1SC1CCCC1. The summed E-state index contributed by atoms with van der Waals surface area (Å²) in [6.45, 7) is 0. The average Bonchev–Trinajstić information content (AvgIpc) is 3.19. The molecule has 1 amide bonds. The lowest BCUT2D eigenvalue weighted by Gasteiger charge is -2.28. The zero-order valence-corrected chi connectivity index (χ0v) is 16.3. The summed E-state index contributed by atoms with van der Waals surface area (Å²) in [5.74, 6) is 0.749. The predicted molar refractivity (Wildman–Crippen MR) is 108 cm³/mol. The molecule has 0 spiro atoms. The van der Waals surface area contributed by atoms with Crippen LogP contribution in [0.15, 0.2) is 29.2 Å². The van der Waals surface area contributed by atoms with Crippen LogP contribution >= 0.6 is 24.2 Å². The number of hydrogen-bond acceptors (Lipinski definition) is 3. The second-order valence-corrected chi connectivity index (χ2v) is 9.09. The van der Waals surface area contributed by atoms with Crippen LogP contribution in [0.4, 0.5) is 5.69 Å². The van der Waals surface area contributed by atoms with Crippen molar-refractivity contribution in [2.75, 3.05) is 5.32 Å². The second kappa shape index (κ2) is 8.79. The molecule has 2 saturated heterocycles. The zero-order valence-electron chi connectivity index (χ0n) is 14.7. The molecule has 1 aromatic carbocycles. The molecule has 2 bridgehead atoms. The van der Waals surface area contributed by atoms with Gasteiger partial charge in [-0.2, -0.15) is 0 Å². The minimum atomic E-state index is 0. The van der Waals surface area contributed by atoms with E-state index in [1.807, 2.05) is 17.8 Å². The van der Waals surface area contributed by atoms with Crippen molar-refractivity contribution in [1.29, 1.82) is 0 Å². The van der Waals surface area contributed by atoms with Crippen LogP contribution in [0, 0.1) is 5.92 Å². The Bertz CT molecular complexity index is 579. The van der Waals surface area contributed by atoms with Gasteiger partial charge in [-0.25, -0.2) is 0 Å². The summed E-state index contributed by atoms with van der Waals surface area (Å²) in [6.07, 6.45) is 10.9. The van der Waals surface area contributed by atoms with Crippen LogP contribution in [-0.2, 0) is 4.79 Å². The Labute approximate surface area is 161 Å². The molecule has 3 aliphatic rings. The molecule has 138 valence electrons. The molecule has 1 aromatic rings. The van der Waals surface area contributed by atoms with Crippen molar-refractivity contribution in [3.8, 4) is 0 Å². The molecular weight excluding hydrogens is 352 g/mol. The van der Waals surface area contributed by atoms with Crippen molar-refractivity contribution in [3.05, 3.63) is 24.3 Å². The van der Waals surface area contributed by atoms with Crippen LogP contribution in [-0.4, -0.2) is 23.2 Å². The normalized spacial score (nSPS) is 28.6. The van der Waals surface area contributed by atoms with Crippen LogP contribution in [0.5, 0.6) is 0 Å². The van der Waals surface area contributed by atoms with Gasteiger partial charge in [-0.1, -0.05) is 25.0 Å². The maximum atomic E-state index is 12.6. The van der Waals surface area contributed by atoms with E-state index in [9.17, 15) is 4.79 Å². The standard InChI is InChI=1S/C20H28N2OS.ClH/c23-20(13-14-11-15-9-10-16(12-14)21-15)22-18-7-3-4-8-19(18)24-17-5-1-2-6-17;/h3-4,7-8,14-17,21H,1-2,5-6,9-13H2,(H,22,23);1H. The fraction of sp³-hybridized carbons (Fsp3) is 0.650. The Morgan fingerprint density at radius 3 is 2.48 bits per heavy atom. The highest BCUT2D eigenvalue weighted by Gasteiger charge is 2.34. The number of carbonyl (C=O) groups is 1. The molecule has 3 fully saturated rings. The number of rotatable bonds is 5. The summed E-state index contributed by atoms with van der Waals surface area (Å²) in [6, 6.07) is 9.64. The third kappa shape index (κ3) is 4.93. The Morgan fingerprint density at radius 2 is 1.76 bits per heavy atom. The molecule has 5 heteroatoms. The summed E-state index contributed by atoms with van der Waals surface area (Å²) >= 11 is 1.95. The average molecular weight is 381 g/mol. The summed E-state index contributed by atoms with van der Waals surface area (Å²) in [4.78, 5) is 13.8. The van der Waals surface area contributed by atoms with E-state index >= 15 is 0 Å². The highest BCUT2D eigenvalue weighted by Crippen LogP contribution is 2.38. The topological polar surface area (TPSA) is 41.1 Å². The van der Waals surface area contributed by atoms with Crippen LogP contribution in [0.3, 0.4) is 0 Å². The van der Waals surface area contributed by atoms with Gasteiger partial charge in [0.05, 0.1) is 5.69 Å². The Balaban J connectivity index is 0.00000182. The van der Waals surface area contributed by atoms with Crippen molar-refractivity contribution in [2.45, 2.75) is 80.0 Å². The van der Waals surface area contributed by atoms with Gasteiger partial charge >= 0.3 is 0 Å². The quantitative estimate of drug-likeness (QED) is 0.754. The Hall–Kier alpha value is -0.710. The molecule has 0 radical (unpaired) electrons. The van der Waals surface area contributed by atoms with Crippen LogP contribution < -0.4 is 10.6 Å². The lowest BCUT2D eigenvalue weighted by atomic mass is 9.89. The lowest BCUT2D eigenvalue weighted by molar-refractivity contribution is -0.117. The van der Waals surface area contributed by atoms with E-state index in [1.54, 1.807) is 0 Å². The van der Waals surface area contributed by atoms with E-state index in [1.165, 1.54) is 56.3 Å².